The Kier molecular flexibility index (Phi) is 7.46. The molecule has 160 valence electrons. The van der Waals surface area contributed by atoms with Gasteiger partial charge in [-0.1, -0.05) is 18.5 Å². The van der Waals surface area contributed by atoms with E-state index in [4.69, 9.17) is 22.1 Å². The summed E-state index contributed by atoms with van der Waals surface area (Å²) in [6.45, 7) is 3.51. The van der Waals surface area contributed by atoms with E-state index in [1.807, 2.05) is 4.90 Å². The van der Waals surface area contributed by atoms with E-state index >= 15 is 0 Å². The summed E-state index contributed by atoms with van der Waals surface area (Å²) in [4.78, 5) is 32.8. The fourth-order valence-corrected chi connectivity index (χ4v) is 2.97. The number of aromatic nitrogens is 2. The largest absolute Gasteiger partial charge is 0.473 e. The molecule has 0 atom stereocenters. The average molecular weight is 432 g/mol. The molecule has 1 saturated heterocycles. The second kappa shape index (κ2) is 10.2. The van der Waals surface area contributed by atoms with Crippen LogP contribution in [0.2, 0.25) is 5.02 Å². The van der Waals surface area contributed by atoms with Gasteiger partial charge in [0.2, 0.25) is 17.7 Å². The summed E-state index contributed by atoms with van der Waals surface area (Å²) in [5, 5.41) is 3.18. The lowest BCUT2D eigenvalue weighted by atomic mass is 10.2. The normalized spacial score (nSPS) is 15.2. The maximum atomic E-state index is 12.1. The fourth-order valence-electron chi connectivity index (χ4n) is 2.84. The Hall–Kier alpha value is -2.87. The van der Waals surface area contributed by atoms with Crippen molar-refractivity contribution in [3.8, 4) is 5.88 Å². The molecule has 2 heterocycles. The minimum Gasteiger partial charge on any atom is -0.473 e. The van der Waals surface area contributed by atoms with Gasteiger partial charge in [-0.3, -0.25) is 9.59 Å². The van der Waals surface area contributed by atoms with Gasteiger partial charge < -0.3 is 20.7 Å². The van der Waals surface area contributed by atoms with Gasteiger partial charge in [-0.2, -0.15) is 4.98 Å². The zero-order chi connectivity index (χ0) is 21.5. The Morgan fingerprint density at radius 2 is 1.90 bits per heavy atom. The van der Waals surface area contributed by atoms with Gasteiger partial charge in [-0.25, -0.2) is 4.98 Å². The Morgan fingerprint density at radius 3 is 2.50 bits per heavy atom. The molecule has 2 fully saturated rings. The van der Waals surface area contributed by atoms with Crippen LogP contribution in [-0.2, 0) is 4.79 Å². The van der Waals surface area contributed by atoms with Crippen molar-refractivity contribution < 1.29 is 14.3 Å². The third-order valence-electron chi connectivity index (χ3n) is 4.66. The van der Waals surface area contributed by atoms with E-state index in [9.17, 15) is 9.59 Å². The summed E-state index contributed by atoms with van der Waals surface area (Å²) in [7, 11) is 0. The molecule has 1 aliphatic carbocycles. The molecule has 4 rings (SSSR count). The molecule has 0 spiro atoms. The van der Waals surface area contributed by atoms with E-state index in [-0.39, 0.29) is 23.9 Å². The van der Waals surface area contributed by atoms with E-state index in [1.165, 1.54) is 6.20 Å². The molecule has 3 N–H and O–H groups in total. The molecule has 2 aliphatic rings. The van der Waals surface area contributed by atoms with Gasteiger partial charge in [0.05, 0.1) is 6.20 Å². The fraction of sp³-hybridized carbons (Fsp3) is 0.429. The Labute approximate surface area is 180 Å². The predicted molar refractivity (Wildman–Crippen MR) is 116 cm³/mol. The first-order chi connectivity index (χ1) is 14.5. The van der Waals surface area contributed by atoms with E-state index < -0.39 is 0 Å². The van der Waals surface area contributed by atoms with E-state index in [2.05, 4.69) is 15.3 Å². The van der Waals surface area contributed by atoms with Crippen LogP contribution in [0.25, 0.3) is 0 Å². The second-order valence-corrected chi connectivity index (χ2v) is 7.58. The quantitative estimate of drug-likeness (QED) is 0.749. The smallest absolute Gasteiger partial charge is 0.253 e. The molecule has 1 aromatic carbocycles. The molecule has 9 heteroatoms. The number of benzene rings is 1. The monoisotopic (exact) mass is 431 g/mol. The second-order valence-electron chi connectivity index (χ2n) is 7.18. The predicted octanol–water partition coefficient (Wildman–Crippen LogP) is 3.52. The van der Waals surface area contributed by atoms with Crippen molar-refractivity contribution in [2.24, 2.45) is 0 Å². The van der Waals surface area contributed by atoms with Crippen molar-refractivity contribution in [3.05, 3.63) is 41.0 Å². The number of likely N-dealkylation sites (tertiary alicyclic amines) is 1. The third kappa shape index (κ3) is 6.32. The van der Waals surface area contributed by atoms with Crippen LogP contribution in [0.3, 0.4) is 0 Å². The number of carbonyl (C=O) groups is 2. The Bertz CT molecular complexity index is 881. The zero-order valence-electron chi connectivity index (χ0n) is 16.9. The van der Waals surface area contributed by atoms with Crippen LogP contribution in [-0.4, -0.2) is 45.9 Å². The minimum atomic E-state index is -0.0198. The molecular weight excluding hydrogens is 406 g/mol. The number of nitrogens with zero attached hydrogens (tertiary/aromatic N) is 3. The van der Waals surface area contributed by atoms with Gasteiger partial charge in [0.25, 0.3) is 5.91 Å². The van der Waals surface area contributed by atoms with Crippen molar-refractivity contribution in [1.29, 1.82) is 0 Å². The lowest BCUT2D eigenvalue weighted by Gasteiger charge is -2.15. The summed E-state index contributed by atoms with van der Waals surface area (Å²) in [5.74, 6) is 0.649. The molecule has 1 saturated carbocycles. The topological polar surface area (TPSA) is 110 Å². The molecule has 1 aliphatic heterocycles. The maximum absolute atomic E-state index is 12.1. The summed E-state index contributed by atoms with van der Waals surface area (Å²) in [6.07, 6.45) is 6.50. The van der Waals surface area contributed by atoms with E-state index in [1.54, 1.807) is 31.2 Å². The standard InChI is InChI=1S/C14H18N2O2.C7H8ClN3O/c1-2-13(17)15-12-7-5-11(6-8-12)14(18)16-9-3-4-10-16;8-5-3-10-7(9)11-6(5)12-4-1-2-4/h5-8H,2-4,9-10H2,1H3,(H,15,17);3-4H,1-2H2,(H2,9,10,11). The van der Waals surface area contributed by atoms with E-state index in [0.717, 1.165) is 44.5 Å². The van der Waals surface area contributed by atoms with Gasteiger partial charge in [0.1, 0.15) is 11.1 Å². The minimum absolute atomic E-state index is 0.0198. The highest BCUT2D eigenvalue weighted by atomic mass is 35.5. The van der Waals surface area contributed by atoms with E-state index in [0.29, 0.717) is 22.9 Å². The van der Waals surface area contributed by atoms with Crippen LogP contribution in [0.5, 0.6) is 5.88 Å². The highest BCUT2D eigenvalue weighted by Crippen LogP contribution is 2.29. The molecule has 2 amide bonds. The molecule has 2 aromatic rings. The third-order valence-corrected chi connectivity index (χ3v) is 4.92. The number of nitrogens with one attached hydrogen (secondary N) is 1. The number of nitrogen functional groups attached to an aromatic ring is 1. The van der Waals surface area contributed by atoms with Crippen LogP contribution in [0, 0.1) is 0 Å². The summed E-state index contributed by atoms with van der Waals surface area (Å²) < 4.78 is 5.37. The molecular formula is C21H26ClN5O3. The van der Waals surface area contributed by atoms with Crippen LogP contribution < -0.4 is 15.8 Å². The number of carbonyl (C=O) groups excluding carboxylic acids is 2. The Morgan fingerprint density at radius 1 is 1.23 bits per heavy atom. The number of nitrogens with two attached hydrogens (primary N) is 1. The zero-order valence-corrected chi connectivity index (χ0v) is 17.7. The Balaban J connectivity index is 0.000000184. The average Bonchev–Trinajstić information content (AvgIpc) is 3.39. The van der Waals surface area contributed by atoms with Crippen molar-refractivity contribution in [2.75, 3.05) is 24.1 Å². The SMILES string of the molecule is CCC(=O)Nc1ccc(C(=O)N2CCCC2)cc1.Nc1ncc(Cl)c(OC2CC2)n1. The van der Waals surface area contributed by atoms with Gasteiger partial charge in [-0.15, -0.1) is 0 Å². The highest BCUT2D eigenvalue weighted by molar-refractivity contribution is 6.31. The molecule has 30 heavy (non-hydrogen) atoms. The number of anilines is 2. The molecule has 0 bridgehead atoms. The number of halogens is 1. The van der Waals surface area contributed by atoms with Crippen molar-refractivity contribution >= 4 is 35.1 Å². The summed E-state index contributed by atoms with van der Waals surface area (Å²) in [5.41, 5.74) is 6.79. The lowest BCUT2D eigenvalue weighted by Crippen LogP contribution is -2.27. The number of rotatable bonds is 5. The number of ether oxygens (including phenoxy) is 1. The van der Waals surface area contributed by atoms with Crippen LogP contribution in [0.15, 0.2) is 30.5 Å². The van der Waals surface area contributed by atoms with Gasteiger partial charge >= 0.3 is 0 Å². The highest BCUT2D eigenvalue weighted by Gasteiger charge is 2.25. The molecule has 0 radical (unpaired) electrons. The first kappa shape index (κ1) is 21.8. The van der Waals surface area contributed by atoms with Crippen molar-refractivity contribution in [2.45, 2.75) is 45.1 Å². The number of amides is 2. The van der Waals surface area contributed by atoms with Crippen molar-refractivity contribution in [3.63, 3.8) is 0 Å². The first-order valence-electron chi connectivity index (χ1n) is 10.1. The van der Waals surface area contributed by atoms with Crippen LogP contribution in [0.1, 0.15) is 49.4 Å². The summed E-state index contributed by atoms with van der Waals surface area (Å²) in [6, 6.07) is 7.09. The molecule has 1 aromatic heterocycles. The molecule has 0 unspecified atom stereocenters. The van der Waals surface area contributed by atoms with Gasteiger partial charge in [0, 0.05) is 30.8 Å². The maximum Gasteiger partial charge on any atom is 0.253 e. The van der Waals surface area contributed by atoms with Crippen molar-refractivity contribution in [1.82, 2.24) is 14.9 Å². The van der Waals surface area contributed by atoms with Gasteiger partial charge in [0.15, 0.2) is 0 Å². The van der Waals surface area contributed by atoms with Crippen LogP contribution in [0.4, 0.5) is 11.6 Å². The first-order valence-corrected chi connectivity index (χ1v) is 10.5. The van der Waals surface area contributed by atoms with Crippen LogP contribution >= 0.6 is 11.6 Å². The molecule has 8 nitrogen and oxygen atoms in total. The lowest BCUT2D eigenvalue weighted by molar-refractivity contribution is -0.115. The number of hydrogen-bond acceptors (Lipinski definition) is 6. The number of hydrogen-bond donors (Lipinski definition) is 2. The summed E-state index contributed by atoms with van der Waals surface area (Å²) >= 11 is 5.76. The van der Waals surface area contributed by atoms with Gasteiger partial charge in [-0.05, 0) is 49.9 Å².